The number of hydrogen-bond donors (Lipinski definition) is 0. The third-order valence-corrected chi connectivity index (χ3v) is 6.94. The molecule has 5 rings (SSSR count). The van der Waals surface area contributed by atoms with Crippen LogP contribution < -0.4 is 5.56 Å². The van der Waals surface area contributed by atoms with Gasteiger partial charge in [0.1, 0.15) is 0 Å². The van der Waals surface area contributed by atoms with Gasteiger partial charge in [0.15, 0.2) is 0 Å². The van der Waals surface area contributed by atoms with Crippen LogP contribution in [0.25, 0.3) is 11.1 Å². The average molecular weight is 404 g/mol. The first kappa shape index (κ1) is 18.6. The summed E-state index contributed by atoms with van der Waals surface area (Å²) >= 11 is 1.72. The Morgan fingerprint density at radius 2 is 1.90 bits per heavy atom. The maximum Gasteiger partial charge on any atom is 0.258 e. The Balaban J connectivity index is 1.42. The Labute approximate surface area is 175 Å². The molecule has 0 saturated carbocycles. The van der Waals surface area contributed by atoms with Gasteiger partial charge in [0, 0.05) is 54.4 Å². The molecule has 2 aromatic heterocycles. The molecule has 5 heteroatoms. The first-order chi connectivity index (χ1) is 14.2. The minimum absolute atomic E-state index is 0.160. The van der Waals surface area contributed by atoms with Crippen LogP contribution in [0, 0.1) is 5.92 Å². The van der Waals surface area contributed by atoms with Crippen LogP contribution in [0.5, 0.6) is 0 Å². The van der Waals surface area contributed by atoms with Crippen molar-refractivity contribution in [2.24, 2.45) is 5.92 Å². The van der Waals surface area contributed by atoms with Crippen molar-refractivity contribution in [1.82, 2.24) is 14.5 Å². The van der Waals surface area contributed by atoms with Crippen LogP contribution in [-0.4, -0.2) is 33.8 Å². The molecule has 2 atom stereocenters. The standard InChI is InChI=1S/C24H25N3OS/c1-29-21-7-5-18(6-8-21)22-9-10-23-19-12-17(14-27(23)24(22)28)13-26(15-19)16-20-4-2-3-11-25-20/h2-11,17,19H,12-16H2,1H3. The molecular weight excluding hydrogens is 378 g/mol. The van der Waals surface area contributed by atoms with Gasteiger partial charge >= 0.3 is 0 Å². The van der Waals surface area contributed by atoms with E-state index >= 15 is 0 Å². The summed E-state index contributed by atoms with van der Waals surface area (Å²) in [6.45, 7) is 3.73. The summed E-state index contributed by atoms with van der Waals surface area (Å²) in [4.78, 5) is 21.5. The molecule has 4 heterocycles. The fraction of sp³-hybridized carbons (Fsp3) is 0.333. The summed E-state index contributed by atoms with van der Waals surface area (Å²) < 4.78 is 2.05. The van der Waals surface area contributed by atoms with Gasteiger partial charge in [0.2, 0.25) is 0 Å². The lowest BCUT2D eigenvalue weighted by Gasteiger charge is -2.42. The second-order valence-electron chi connectivity index (χ2n) is 8.13. The number of pyridine rings is 2. The van der Waals surface area contributed by atoms with Crippen LogP contribution in [-0.2, 0) is 13.1 Å². The monoisotopic (exact) mass is 403 g/mol. The number of fused-ring (bicyclic) bond motifs is 4. The molecule has 0 spiro atoms. The van der Waals surface area contributed by atoms with Crippen molar-refractivity contribution >= 4 is 11.8 Å². The smallest absolute Gasteiger partial charge is 0.258 e. The van der Waals surface area contributed by atoms with E-state index in [0.717, 1.165) is 43.0 Å². The average Bonchev–Trinajstić information content (AvgIpc) is 2.75. The fourth-order valence-corrected chi connectivity index (χ4v) is 5.29. The van der Waals surface area contributed by atoms with Crippen molar-refractivity contribution in [2.75, 3.05) is 19.3 Å². The second-order valence-corrected chi connectivity index (χ2v) is 9.01. The Hall–Kier alpha value is -2.37. The number of benzene rings is 1. The minimum atomic E-state index is 0.160. The molecule has 2 aliphatic heterocycles. The highest BCUT2D eigenvalue weighted by atomic mass is 32.2. The van der Waals surface area contributed by atoms with E-state index < -0.39 is 0 Å². The molecule has 0 N–H and O–H groups in total. The van der Waals surface area contributed by atoms with Gasteiger partial charge in [0.05, 0.1) is 5.69 Å². The normalized spacial score (nSPS) is 21.0. The molecule has 0 radical (unpaired) electrons. The summed E-state index contributed by atoms with van der Waals surface area (Å²) in [5.41, 5.74) is 4.30. The second kappa shape index (κ2) is 7.81. The zero-order chi connectivity index (χ0) is 19.8. The van der Waals surface area contributed by atoms with E-state index in [0.29, 0.717) is 11.8 Å². The first-order valence-corrected chi connectivity index (χ1v) is 11.4. The van der Waals surface area contributed by atoms with Gasteiger partial charge in [-0.1, -0.05) is 18.2 Å². The van der Waals surface area contributed by atoms with Gasteiger partial charge in [-0.15, -0.1) is 11.8 Å². The van der Waals surface area contributed by atoms with Crippen molar-refractivity contribution in [3.8, 4) is 11.1 Å². The maximum atomic E-state index is 13.3. The number of nitrogens with zero attached hydrogens (tertiary/aromatic N) is 3. The van der Waals surface area contributed by atoms with Gasteiger partial charge in [-0.3, -0.25) is 14.7 Å². The summed E-state index contributed by atoms with van der Waals surface area (Å²) in [5, 5.41) is 0. The summed E-state index contributed by atoms with van der Waals surface area (Å²) in [7, 11) is 0. The number of aromatic nitrogens is 2. The van der Waals surface area contributed by atoms with Crippen molar-refractivity contribution in [3.63, 3.8) is 0 Å². The largest absolute Gasteiger partial charge is 0.311 e. The quantitative estimate of drug-likeness (QED) is 0.611. The molecule has 4 nitrogen and oxygen atoms in total. The van der Waals surface area contributed by atoms with Gasteiger partial charge in [-0.2, -0.15) is 0 Å². The van der Waals surface area contributed by atoms with Gasteiger partial charge < -0.3 is 4.57 Å². The zero-order valence-electron chi connectivity index (χ0n) is 16.6. The van der Waals surface area contributed by atoms with Crippen LogP contribution in [0.15, 0.2) is 70.5 Å². The zero-order valence-corrected chi connectivity index (χ0v) is 17.4. The fourth-order valence-electron chi connectivity index (χ4n) is 4.89. The number of likely N-dealkylation sites (tertiary alicyclic amines) is 1. The highest BCUT2D eigenvalue weighted by Crippen LogP contribution is 2.36. The van der Waals surface area contributed by atoms with Gasteiger partial charge in [-0.25, -0.2) is 0 Å². The molecule has 2 unspecified atom stereocenters. The lowest BCUT2D eigenvalue weighted by atomic mass is 9.82. The summed E-state index contributed by atoms with van der Waals surface area (Å²) in [6, 6.07) is 18.6. The van der Waals surface area contributed by atoms with Crippen molar-refractivity contribution in [2.45, 2.75) is 30.3 Å². The van der Waals surface area contributed by atoms with Crippen LogP contribution in [0.2, 0.25) is 0 Å². The molecular formula is C24H25N3OS. The highest BCUT2D eigenvalue weighted by Gasteiger charge is 2.35. The van der Waals surface area contributed by atoms with Gasteiger partial charge in [0.25, 0.3) is 5.56 Å². The maximum absolute atomic E-state index is 13.3. The molecule has 0 amide bonds. The molecule has 3 aromatic rings. The van der Waals surface area contributed by atoms with E-state index in [1.807, 2.05) is 18.3 Å². The molecule has 148 valence electrons. The molecule has 1 saturated heterocycles. The van der Waals surface area contributed by atoms with Crippen molar-refractivity contribution in [1.29, 1.82) is 0 Å². The molecule has 2 aliphatic rings. The van der Waals surface area contributed by atoms with E-state index in [4.69, 9.17) is 0 Å². The van der Waals surface area contributed by atoms with Crippen LogP contribution in [0.1, 0.15) is 23.7 Å². The van der Waals surface area contributed by atoms with E-state index in [2.05, 4.69) is 63.2 Å². The van der Waals surface area contributed by atoms with E-state index in [9.17, 15) is 4.79 Å². The first-order valence-electron chi connectivity index (χ1n) is 10.2. The third-order valence-electron chi connectivity index (χ3n) is 6.19. The van der Waals surface area contributed by atoms with E-state index in [-0.39, 0.29) is 5.56 Å². The van der Waals surface area contributed by atoms with Gasteiger partial charge in [-0.05, 0) is 60.6 Å². The molecule has 1 fully saturated rings. The van der Waals surface area contributed by atoms with Crippen LogP contribution >= 0.6 is 11.8 Å². The summed E-state index contributed by atoms with van der Waals surface area (Å²) in [6.07, 6.45) is 5.11. The molecule has 2 bridgehead atoms. The Morgan fingerprint density at radius 1 is 1.03 bits per heavy atom. The molecule has 29 heavy (non-hydrogen) atoms. The molecule has 0 aliphatic carbocycles. The van der Waals surface area contributed by atoms with E-state index in [1.54, 1.807) is 11.8 Å². The Morgan fingerprint density at radius 3 is 2.66 bits per heavy atom. The number of thioether (sulfide) groups is 1. The lowest BCUT2D eigenvalue weighted by molar-refractivity contribution is 0.113. The minimum Gasteiger partial charge on any atom is -0.311 e. The number of rotatable bonds is 4. The Bertz CT molecular complexity index is 1060. The topological polar surface area (TPSA) is 38.1 Å². The van der Waals surface area contributed by atoms with Crippen LogP contribution in [0.4, 0.5) is 0 Å². The number of hydrogen-bond acceptors (Lipinski definition) is 4. The lowest BCUT2D eigenvalue weighted by Crippen LogP contribution is -2.47. The molecule has 1 aromatic carbocycles. The third kappa shape index (κ3) is 3.65. The predicted octanol–water partition coefficient (Wildman–Crippen LogP) is 4.25. The Kier molecular flexibility index (Phi) is 5.02. The summed E-state index contributed by atoms with van der Waals surface area (Å²) in [5.74, 6) is 0.948. The van der Waals surface area contributed by atoms with Crippen LogP contribution in [0.3, 0.4) is 0 Å². The SMILES string of the molecule is CSc1ccc(-c2ccc3n(c2=O)CC2CC3CN(Cc3ccccn3)C2)cc1. The highest BCUT2D eigenvalue weighted by molar-refractivity contribution is 7.98. The van der Waals surface area contributed by atoms with Crippen molar-refractivity contribution < 1.29 is 0 Å². The van der Waals surface area contributed by atoms with E-state index in [1.165, 1.54) is 17.0 Å². The number of piperidine rings is 1. The predicted molar refractivity (Wildman–Crippen MR) is 118 cm³/mol. The van der Waals surface area contributed by atoms with Crippen molar-refractivity contribution in [3.05, 3.63) is 82.5 Å².